The first-order valence-electron chi connectivity index (χ1n) is 1.11. The molecule has 0 saturated heterocycles. The quantitative estimate of drug-likeness (QED) is 0.353. The van der Waals surface area contributed by atoms with Gasteiger partial charge in [-0.15, -0.1) is 0 Å². The van der Waals surface area contributed by atoms with E-state index in [2.05, 4.69) is 0 Å². The molecule has 0 radical (unpaired) electrons. The molecule has 42 valence electrons. The Labute approximate surface area is 98.8 Å². The van der Waals surface area contributed by atoms with Gasteiger partial charge in [-0.25, -0.2) is 9.59 Å². The van der Waals surface area contributed by atoms with E-state index in [1.807, 2.05) is 0 Å². The van der Waals surface area contributed by atoms with Crippen molar-refractivity contribution >= 4 is 63.3 Å². The normalized spacial score (nSPS) is 5.50. The molecular weight excluding hydrogens is 179 g/mol. The van der Waals surface area contributed by atoms with Gasteiger partial charge in [-0.3, -0.25) is 0 Å². The molecule has 0 rings (SSSR count). The average Bonchev–Trinajstić information content (AvgIpc) is 1.36. The molecule has 0 unspecified atom stereocenters. The molecule has 0 aromatic carbocycles. The van der Waals surface area contributed by atoms with Crippen LogP contribution in [0.5, 0.6) is 0 Å². The fourth-order valence-electron chi connectivity index (χ4n) is 0. The van der Waals surface area contributed by atoms with Crippen molar-refractivity contribution < 1.29 is 37.2 Å². The Balaban J connectivity index is -0.000000125. The van der Waals surface area contributed by atoms with Gasteiger partial charge in [0.2, 0.25) is 0 Å². The van der Waals surface area contributed by atoms with Gasteiger partial charge in [-0.05, 0) is 0 Å². The van der Waals surface area contributed by atoms with E-state index in [4.69, 9.17) is 19.8 Å². The second-order valence-electron chi connectivity index (χ2n) is 0.610. The van der Waals surface area contributed by atoms with E-state index in [0.717, 1.165) is 0 Å². The summed E-state index contributed by atoms with van der Waals surface area (Å²) in [6.07, 6.45) is 0. The van der Waals surface area contributed by atoms with Crippen LogP contribution >= 0.6 is 0 Å². The fourth-order valence-corrected chi connectivity index (χ4v) is 0. The van der Waals surface area contributed by atoms with Gasteiger partial charge >= 0.3 is 63.3 Å². The topological polar surface area (TPSA) is 74.6 Å². The summed E-state index contributed by atoms with van der Waals surface area (Å²) in [6.45, 7) is 0. The number of hydrogen-bond acceptors (Lipinski definition) is 2. The van der Waals surface area contributed by atoms with Crippen LogP contribution in [0.4, 0.5) is 0 Å². The summed E-state index contributed by atoms with van der Waals surface area (Å²) in [7, 11) is 0. The van der Waals surface area contributed by atoms with Crippen LogP contribution in [0.1, 0.15) is 0 Å². The molecule has 0 spiro atoms. The van der Waals surface area contributed by atoms with E-state index in [-0.39, 0.29) is 68.7 Å². The standard InChI is InChI=1S/C2H2O4.Cr.K.H/c3-1(4)2(5)6;;;/h(H,3,4)(H,5,6);;;. The summed E-state index contributed by atoms with van der Waals surface area (Å²) >= 11 is 0. The Morgan fingerprint density at radius 2 is 1.12 bits per heavy atom. The molecule has 0 aliphatic heterocycles. The van der Waals surface area contributed by atoms with E-state index < -0.39 is 11.9 Å². The zero-order valence-corrected chi connectivity index (χ0v) is 4.39. The maximum absolute atomic E-state index is 9.10. The molecule has 2 N–H and O–H groups in total. The number of hydrogen-bond donors (Lipinski definition) is 2. The molecule has 0 heterocycles. The van der Waals surface area contributed by atoms with E-state index >= 15 is 0 Å². The molecule has 0 bridgehead atoms. The predicted molar refractivity (Wildman–Crippen MR) is 22.4 cm³/mol. The van der Waals surface area contributed by atoms with Gasteiger partial charge in [0.15, 0.2) is 0 Å². The van der Waals surface area contributed by atoms with Crippen molar-refractivity contribution in [2.24, 2.45) is 0 Å². The Bertz CT molecular complexity index is 80.0. The van der Waals surface area contributed by atoms with Crippen LogP contribution in [0.25, 0.3) is 0 Å². The fraction of sp³-hybridized carbons (Fsp3) is 0. The number of carboxylic acid groups (broad SMARTS) is 2. The summed E-state index contributed by atoms with van der Waals surface area (Å²) in [4.78, 5) is 18.2. The van der Waals surface area contributed by atoms with Crippen LogP contribution in [0, 0.1) is 0 Å². The molecule has 6 heteroatoms. The summed E-state index contributed by atoms with van der Waals surface area (Å²) in [5, 5.41) is 14.8. The van der Waals surface area contributed by atoms with Crippen molar-refractivity contribution in [1.29, 1.82) is 0 Å². The minimum absolute atomic E-state index is 0. The van der Waals surface area contributed by atoms with E-state index in [1.54, 1.807) is 0 Å². The SMILES string of the molecule is O=C(O)C(=O)O.[Cr].[KH]. The molecule has 4 nitrogen and oxygen atoms in total. The van der Waals surface area contributed by atoms with Crippen molar-refractivity contribution in [2.75, 3.05) is 0 Å². The summed E-state index contributed by atoms with van der Waals surface area (Å²) in [5.74, 6) is -3.65. The molecule has 0 amide bonds. The molecule has 0 aliphatic carbocycles. The Hall–Kier alpha value is 1.11. The Morgan fingerprint density at radius 3 is 1.12 bits per heavy atom. The van der Waals surface area contributed by atoms with Gasteiger partial charge in [0.25, 0.3) is 0 Å². The zero-order chi connectivity index (χ0) is 5.15. The molecular formula is C2H3CrKO4. The monoisotopic (exact) mass is 182 g/mol. The second kappa shape index (κ2) is 8.11. The number of carbonyl (C=O) groups is 2. The number of rotatable bonds is 0. The third-order valence-corrected chi connectivity index (χ3v) is 0.183. The van der Waals surface area contributed by atoms with E-state index in [0.29, 0.717) is 0 Å². The molecule has 0 saturated carbocycles. The van der Waals surface area contributed by atoms with Crippen LogP contribution < -0.4 is 0 Å². The van der Waals surface area contributed by atoms with Gasteiger partial charge in [0.1, 0.15) is 0 Å². The van der Waals surface area contributed by atoms with Crippen LogP contribution in [0.2, 0.25) is 0 Å². The summed E-state index contributed by atoms with van der Waals surface area (Å²) in [6, 6.07) is 0. The maximum atomic E-state index is 9.10. The summed E-state index contributed by atoms with van der Waals surface area (Å²) in [5.41, 5.74) is 0. The summed E-state index contributed by atoms with van der Waals surface area (Å²) < 4.78 is 0. The first-order valence-corrected chi connectivity index (χ1v) is 1.11. The van der Waals surface area contributed by atoms with Gasteiger partial charge < -0.3 is 10.2 Å². The van der Waals surface area contributed by atoms with Crippen molar-refractivity contribution in [3.63, 3.8) is 0 Å². The van der Waals surface area contributed by atoms with Crippen molar-refractivity contribution in [3.05, 3.63) is 0 Å². The zero-order valence-electron chi connectivity index (χ0n) is 3.12. The molecule has 0 aliphatic rings. The van der Waals surface area contributed by atoms with Crippen LogP contribution in [-0.4, -0.2) is 73.5 Å². The first kappa shape index (κ1) is 16.0. The molecule has 0 fully saturated rings. The molecule has 0 atom stereocenters. The minimum atomic E-state index is -1.82. The van der Waals surface area contributed by atoms with Crippen molar-refractivity contribution in [1.82, 2.24) is 0 Å². The van der Waals surface area contributed by atoms with Gasteiger partial charge in [0.05, 0.1) is 0 Å². The van der Waals surface area contributed by atoms with Gasteiger partial charge in [-0.2, -0.15) is 0 Å². The number of carboxylic acids is 2. The van der Waals surface area contributed by atoms with Crippen molar-refractivity contribution in [3.8, 4) is 0 Å². The van der Waals surface area contributed by atoms with Crippen LogP contribution in [-0.2, 0) is 27.0 Å². The first-order chi connectivity index (χ1) is 2.64. The van der Waals surface area contributed by atoms with E-state index in [1.165, 1.54) is 0 Å². The average molecular weight is 182 g/mol. The number of aliphatic carboxylic acids is 2. The van der Waals surface area contributed by atoms with E-state index in [9.17, 15) is 0 Å². The van der Waals surface area contributed by atoms with Crippen LogP contribution in [0.15, 0.2) is 0 Å². The van der Waals surface area contributed by atoms with Crippen LogP contribution in [0.3, 0.4) is 0 Å². The second-order valence-corrected chi connectivity index (χ2v) is 0.610. The molecule has 8 heavy (non-hydrogen) atoms. The van der Waals surface area contributed by atoms with Gasteiger partial charge in [0, 0.05) is 17.4 Å². The van der Waals surface area contributed by atoms with Crippen molar-refractivity contribution in [2.45, 2.75) is 0 Å². The predicted octanol–water partition coefficient (Wildman–Crippen LogP) is -1.50. The molecule has 0 aromatic rings. The Kier molecular flexibility index (Phi) is 16.3. The molecule has 0 aromatic heterocycles. The third kappa shape index (κ3) is 10.2. The van der Waals surface area contributed by atoms with Gasteiger partial charge in [-0.1, -0.05) is 0 Å². The Morgan fingerprint density at radius 1 is 1.00 bits per heavy atom. The third-order valence-electron chi connectivity index (χ3n) is 0.183.